The van der Waals surface area contributed by atoms with E-state index in [1.807, 2.05) is 0 Å². The first-order chi connectivity index (χ1) is 11.2. The minimum atomic E-state index is 0.876. The second kappa shape index (κ2) is 29.8. The van der Waals surface area contributed by atoms with Crippen LogP contribution in [0.5, 0.6) is 0 Å². The zero-order valence-electron chi connectivity index (χ0n) is 17.2. The number of likely N-dealkylation sites (N-methyl/N-ethyl adjacent to an activating group) is 1. The first-order valence-corrected chi connectivity index (χ1v) is 9.86. The van der Waals surface area contributed by atoms with E-state index in [0.717, 1.165) is 26.9 Å². The third-order valence-corrected chi connectivity index (χ3v) is 3.53. The summed E-state index contributed by atoms with van der Waals surface area (Å²) in [6, 6.07) is 0. The zero-order valence-corrected chi connectivity index (χ0v) is 17.2. The highest BCUT2D eigenvalue weighted by Gasteiger charge is 1.91. The number of rotatable bonds is 14. The Labute approximate surface area is 147 Å². The second-order valence-corrected chi connectivity index (χ2v) is 6.24. The van der Waals surface area contributed by atoms with E-state index in [2.05, 4.69) is 39.8 Å². The molecule has 0 rings (SSSR count). The van der Waals surface area contributed by atoms with Crippen molar-refractivity contribution in [2.45, 2.75) is 91.4 Å². The molecule has 3 heteroatoms. The highest BCUT2D eigenvalue weighted by Crippen LogP contribution is 2.03. The Hall–Kier alpha value is -0.120. The number of hydrogen-bond donors (Lipinski definition) is 1. The van der Waals surface area contributed by atoms with Crippen LogP contribution in [0.4, 0.5) is 0 Å². The van der Waals surface area contributed by atoms with Crippen molar-refractivity contribution >= 4 is 0 Å². The summed E-state index contributed by atoms with van der Waals surface area (Å²) in [7, 11) is 5.15. The van der Waals surface area contributed by atoms with Crippen molar-refractivity contribution < 1.29 is 9.84 Å². The van der Waals surface area contributed by atoms with E-state index in [1.165, 1.54) is 70.6 Å². The van der Waals surface area contributed by atoms with Gasteiger partial charge in [-0.2, -0.15) is 0 Å². The molecule has 0 unspecified atom stereocenters. The molecule has 0 spiro atoms. The fraction of sp³-hybridized carbons (Fsp3) is 1.00. The molecule has 0 amide bonds. The van der Waals surface area contributed by atoms with Crippen LogP contribution in [-0.2, 0) is 4.74 Å². The van der Waals surface area contributed by atoms with E-state index in [9.17, 15) is 0 Å². The van der Waals surface area contributed by atoms with Crippen LogP contribution < -0.4 is 0 Å². The Balaban J connectivity index is -0.000000343. The minimum absolute atomic E-state index is 0.876. The first-order valence-electron chi connectivity index (χ1n) is 9.86. The van der Waals surface area contributed by atoms with Gasteiger partial charge in [-0.25, -0.2) is 0 Å². The average Bonchev–Trinajstić information content (AvgIpc) is 2.56. The van der Waals surface area contributed by atoms with Crippen LogP contribution in [0, 0.1) is 0 Å². The van der Waals surface area contributed by atoms with Crippen LogP contribution in [-0.4, -0.2) is 51.0 Å². The number of aliphatic hydroxyl groups excluding tert-OH is 1. The third kappa shape index (κ3) is 39.1. The SMILES string of the molecule is CCCCCCCC.CCCCCCCOCCN(C)C.CO. The Morgan fingerprint density at radius 2 is 1.00 bits per heavy atom. The smallest absolute Gasteiger partial charge is 0.0593 e. The molecule has 0 aromatic carbocycles. The number of hydrogen-bond acceptors (Lipinski definition) is 3. The molecule has 3 nitrogen and oxygen atoms in total. The Bertz CT molecular complexity index is 158. The number of nitrogens with zero attached hydrogens (tertiary/aromatic N) is 1. The van der Waals surface area contributed by atoms with Crippen LogP contribution in [0.25, 0.3) is 0 Å². The summed E-state index contributed by atoms with van der Waals surface area (Å²) in [5.74, 6) is 0. The molecular formula is C20H47NO2. The maximum atomic E-state index is 7.00. The maximum absolute atomic E-state index is 7.00. The molecular weight excluding hydrogens is 286 g/mol. The number of unbranched alkanes of at least 4 members (excludes halogenated alkanes) is 9. The molecule has 1 N–H and O–H groups in total. The molecule has 0 aromatic rings. The Morgan fingerprint density at radius 3 is 1.35 bits per heavy atom. The van der Waals surface area contributed by atoms with Crippen molar-refractivity contribution in [3.8, 4) is 0 Å². The van der Waals surface area contributed by atoms with Gasteiger partial charge in [0, 0.05) is 20.3 Å². The lowest BCUT2D eigenvalue weighted by Gasteiger charge is -2.09. The summed E-state index contributed by atoms with van der Waals surface area (Å²) in [5, 5.41) is 7.00. The molecule has 0 heterocycles. The highest BCUT2D eigenvalue weighted by atomic mass is 16.5. The highest BCUT2D eigenvalue weighted by molar-refractivity contribution is 4.43. The first kappa shape index (κ1) is 27.7. The van der Waals surface area contributed by atoms with Crippen molar-refractivity contribution in [1.29, 1.82) is 0 Å². The summed E-state index contributed by atoms with van der Waals surface area (Å²) in [5.41, 5.74) is 0. The van der Waals surface area contributed by atoms with E-state index in [0.29, 0.717) is 0 Å². The van der Waals surface area contributed by atoms with Crippen molar-refractivity contribution in [1.82, 2.24) is 4.90 Å². The molecule has 0 bridgehead atoms. The van der Waals surface area contributed by atoms with E-state index in [-0.39, 0.29) is 0 Å². The van der Waals surface area contributed by atoms with E-state index < -0.39 is 0 Å². The van der Waals surface area contributed by atoms with Gasteiger partial charge in [-0.15, -0.1) is 0 Å². The van der Waals surface area contributed by atoms with Gasteiger partial charge in [0.05, 0.1) is 6.61 Å². The summed E-state index contributed by atoms with van der Waals surface area (Å²) in [6.07, 6.45) is 15.1. The van der Waals surface area contributed by atoms with Gasteiger partial charge < -0.3 is 14.7 Å². The molecule has 0 aliphatic heterocycles. The van der Waals surface area contributed by atoms with Crippen LogP contribution in [0.15, 0.2) is 0 Å². The normalized spacial score (nSPS) is 9.91. The molecule has 0 aliphatic rings. The van der Waals surface area contributed by atoms with Crippen molar-refractivity contribution in [2.24, 2.45) is 0 Å². The second-order valence-electron chi connectivity index (χ2n) is 6.24. The van der Waals surface area contributed by atoms with Gasteiger partial charge in [-0.05, 0) is 20.5 Å². The molecule has 0 saturated carbocycles. The fourth-order valence-electron chi connectivity index (χ4n) is 2.01. The Morgan fingerprint density at radius 1 is 0.609 bits per heavy atom. The van der Waals surface area contributed by atoms with Gasteiger partial charge in [0.2, 0.25) is 0 Å². The van der Waals surface area contributed by atoms with Crippen LogP contribution >= 0.6 is 0 Å². The lowest BCUT2D eigenvalue weighted by Crippen LogP contribution is -2.18. The topological polar surface area (TPSA) is 32.7 Å². The van der Waals surface area contributed by atoms with Crippen molar-refractivity contribution in [3.05, 3.63) is 0 Å². The quantitative estimate of drug-likeness (QED) is 0.425. The van der Waals surface area contributed by atoms with Gasteiger partial charge in [-0.3, -0.25) is 0 Å². The largest absolute Gasteiger partial charge is 0.400 e. The lowest BCUT2D eigenvalue weighted by molar-refractivity contribution is 0.114. The van der Waals surface area contributed by atoms with Crippen molar-refractivity contribution in [2.75, 3.05) is 41.0 Å². The molecule has 144 valence electrons. The number of aliphatic hydroxyl groups is 1. The molecule has 23 heavy (non-hydrogen) atoms. The summed E-state index contributed by atoms with van der Waals surface area (Å²) >= 11 is 0. The van der Waals surface area contributed by atoms with E-state index in [4.69, 9.17) is 9.84 Å². The van der Waals surface area contributed by atoms with Crippen LogP contribution in [0.3, 0.4) is 0 Å². The standard InChI is InChI=1S/C11H25NO.C8H18.CH4O/c1-4-5-6-7-8-10-13-11-9-12(2)3;1-3-5-7-8-6-4-2;1-2/h4-11H2,1-3H3;3-8H2,1-2H3;2H,1H3. The lowest BCUT2D eigenvalue weighted by atomic mass is 10.1. The van der Waals surface area contributed by atoms with E-state index in [1.54, 1.807) is 0 Å². The molecule has 0 aromatic heterocycles. The fourth-order valence-corrected chi connectivity index (χ4v) is 2.01. The van der Waals surface area contributed by atoms with Crippen LogP contribution in [0.2, 0.25) is 0 Å². The summed E-state index contributed by atoms with van der Waals surface area (Å²) in [6.45, 7) is 9.61. The van der Waals surface area contributed by atoms with Gasteiger partial charge >= 0.3 is 0 Å². The van der Waals surface area contributed by atoms with E-state index >= 15 is 0 Å². The summed E-state index contributed by atoms with van der Waals surface area (Å²) < 4.78 is 5.48. The molecule has 0 aliphatic carbocycles. The molecule has 0 radical (unpaired) electrons. The van der Waals surface area contributed by atoms with Crippen LogP contribution in [0.1, 0.15) is 91.4 Å². The predicted molar refractivity (Wildman–Crippen MR) is 105 cm³/mol. The predicted octanol–water partition coefficient (Wildman–Crippen LogP) is 5.51. The number of ether oxygens (including phenoxy) is 1. The van der Waals surface area contributed by atoms with Gasteiger partial charge in [0.15, 0.2) is 0 Å². The van der Waals surface area contributed by atoms with Crippen molar-refractivity contribution in [3.63, 3.8) is 0 Å². The van der Waals surface area contributed by atoms with Gasteiger partial charge in [0.1, 0.15) is 0 Å². The molecule has 0 saturated heterocycles. The van der Waals surface area contributed by atoms with Gasteiger partial charge in [0.25, 0.3) is 0 Å². The summed E-state index contributed by atoms with van der Waals surface area (Å²) in [4.78, 5) is 2.15. The van der Waals surface area contributed by atoms with Gasteiger partial charge in [-0.1, -0.05) is 85.0 Å². The maximum Gasteiger partial charge on any atom is 0.0593 e. The minimum Gasteiger partial charge on any atom is -0.400 e. The monoisotopic (exact) mass is 333 g/mol. The third-order valence-electron chi connectivity index (χ3n) is 3.53. The average molecular weight is 334 g/mol. The zero-order chi connectivity index (χ0) is 18.2. The molecule has 0 atom stereocenters. The Kier molecular flexibility index (Phi) is 36.0. The molecule has 0 fully saturated rings.